The van der Waals surface area contributed by atoms with Gasteiger partial charge in [0.15, 0.2) is 0 Å². The van der Waals surface area contributed by atoms with E-state index < -0.39 is 0 Å². The fourth-order valence-corrected chi connectivity index (χ4v) is 2.26. The molecule has 8 heteroatoms. The second-order valence-electron chi connectivity index (χ2n) is 5.05. The first-order valence-electron chi connectivity index (χ1n) is 7.77. The smallest absolute Gasteiger partial charge is 0.233 e. The maximum absolute atomic E-state index is 5.99. The van der Waals surface area contributed by atoms with E-state index in [0.29, 0.717) is 25.0 Å². The van der Waals surface area contributed by atoms with Crippen LogP contribution in [0.2, 0.25) is 5.28 Å². The lowest BCUT2D eigenvalue weighted by molar-refractivity contribution is 0.340. The number of hydrogen-bond acceptors (Lipinski definition) is 7. The molecule has 2 heterocycles. The molecule has 7 nitrogen and oxygen atoms in total. The highest BCUT2D eigenvalue weighted by atomic mass is 35.5. The minimum absolute atomic E-state index is 0.108. The van der Waals surface area contributed by atoms with E-state index in [-0.39, 0.29) is 5.28 Å². The van der Waals surface area contributed by atoms with Gasteiger partial charge in [0.2, 0.25) is 17.2 Å². The molecule has 0 radical (unpaired) electrons. The van der Waals surface area contributed by atoms with Gasteiger partial charge >= 0.3 is 0 Å². The van der Waals surface area contributed by atoms with Crippen molar-refractivity contribution in [2.45, 2.75) is 13.5 Å². The molecule has 1 aromatic carbocycles. The Morgan fingerprint density at radius 2 is 1.84 bits per heavy atom. The number of halogens is 1. The van der Waals surface area contributed by atoms with Crippen molar-refractivity contribution in [3.05, 3.63) is 59.6 Å². The summed E-state index contributed by atoms with van der Waals surface area (Å²) in [6.07, 6.45) is 3.50. The van der Waals surface area contributed by atoms with Crippen molar-refractivity contribution in [1.29, 1.82) is 0 Å². The van der Waals surface area contributed by atoms with Crippen LogP contribution in [0.15, 0.2) is 48.8 Å². The van der Waals surface area contributed by atoms with Crippen LogP contribution in [0.1, 0.15) is 12.5 Å². The zero-order chi connectivity index (χ0) is 17.5. The molecule has 0 aliphatic heterocycles. The van der Waals surface area contributed by atoms with E-state index in [0.717, 1.165) is 17.0 Å². The third-order valence-electron chi connectivity index (χ3n) is 3.20. The lowest BCUT2D eigenvalue weighted by Crippen LogP contribution is -2.07. The van der Waals surface area contributed by atoms with Crippen LogP contribution < -0.4 is 15.4 Å². The molecule has 0 fully saturated rings. The molecule has 0 aliphatic rings. The van der Waals surface area contributed by atoms with Crippen LogP contribution in [0.3, 0.4) is 0 Å². The molecule has 0 aliphatic carbocycles. The standard InChI is InChI=1S/C17H17ClN6O/c1-2-25-14-7-5-13(6-8-14)21-17-23-15(18)22-16(24-17)20-11-12-4-3-9-19-10-12/h3-10H,2,11H2,1H3,(H2,20,21,22,23,24). The molecular formula is C17H17ClN6O. The highest BCUT2D eigenvalue weighted by Gasteiger charge is 2.06. The minimum Gasteiger partial charge on any atom is -0.494 e. The van der Waals surface area contributed by atoms with Gasteiger partial charge in [0.1, 0.15) is 5.75 Å². The molecule has 0 unspecified atom stereocenters. The van der Waals surface area contributed by atoms with Crippen molar-refractivity contribution < 1.29 is 4.74 Å². The predicted molar refractivity (Wildman–Crippen MR) is 97.3 cm³/mol. The molecule has 0 atom stereocenters. The number of pyridine rings is 1. The number of benzene rings is 1. The van der Waals surface area contributed by atoms with E-state index in [1.165, 1.54) is 0 Å². The van der Waals surface area contributed by atoms with Gasteiger partial charge in [0.25, 0.3) is 0 Å². The maximum Gasteiger partial charge on any atom is 0.233 e. The fourth-order valence-electron chi connectivity index (χ4n) is 2.10. The first kappa shape index (κ1) is 16.9. The summed E-state index contributed by atoms with van der Waals surface area (Å²) in [5.74, 6) is 1.55. The first-order valence-corrected chi connectivity index (χ1v) is 8.15. The topological polar surface area (TPSA) is 84.9 Å². The van der Waals surface area contributed by atoms with E-state index in [1.54, 1.807) is 12.4 Å². The lowest BCUT2D eigenvalue weighted by atomic mass is 10.3. The molecule has 3 rings (SSSR count). The van der Waals surface area contributed by atoms with Gasteiger partial charge < -0.3 is 15.4 Å². The maximum atomic E-state index is 5.99. The molecule has 128 valence electrons. The van der Waals surface area contributed by atoms with Crippen molar-refractivity contribution >= 4 is 29.2 Å². The van der Waals surface area contributed by atoms with E-state index in [1.807, 2.05) is 43.3 Å². The molecule has 0 amide bonds. The molecule has 0 saturated carbocycles. The quantitative estimate of drug-likeness (QED) is 0.668. The van der Waals surface area contributed by atoms with E-state index in [9.17, 15) is 0 Å². The summed E-state index contributed by atoms with van der Waals surface area (Å²) in [5.41, 5.74) is 1.84. The Morgan fingerprint density at radius 1 is 1.04 bits per heavy atom. The first-order chi connectivity index (χ1) is 12.2. The van der Waals surface area contributed by atoms with Crippen molar-refractivity contribution in [2.24, 2.45) is 0 Å². The zero-order valence-electron chi connectivity index (χ0n) is 13.6. The van der Waals surface area contributed by atoms with Crippen molar-refractivity contribution in [3.63, 3.8) is 0 Å². The summed E-state index contributed by atoms with van der Waals surface area (Å²) in [6, 6.07) is 11.3. The number of nitrogens with zero attached hydrogens (tertiary/aromatic N) is 4. The SMILES string of the molecule is CCOc1ccc(Nc2nc(Cl)nc(NCc3cccnc3)n2)cc1. The normalized spacial score (nSPS) is 10.3. The summed E-state index contributed by atoms with van der Waals surface area (Å²) >= 11 is 5.99. The highest BCUT2D eigenvalue weighted by Crippen LogP contribution is 2.19. The molecule has 0 bridgehead atoms. The Bertz CT molecular complexity index is 813. The average molecular weight is 357 g/mol. The number of ether oxygens (including phenoxy) is 1. The predicted octanol–water partition coefficient (Wildman–Crippen LogP) is 3.67. The van der Waals surface area contributed by atoms with Crippen molar-refractivity contribution in [3.8, 4) is 5.75 Å². The van der Waals surface area contributed by atoms with Gasteiger partial charge in [-0.25, -0.2) is 0 Å². The molecule has 25 heavy (non-hydrogen) atoms. The third-order valence-corrected chi connectivity index (χ3v) is 3.37. The van der Waals surface area contributed by atoms with Crippen molar-refractivity contribution in [2.75, 3.05) is 17.2 Å². The second kappa shape index (κ2) is 8.25. The van der Waals surface area contributed by atoms with Crippen LogP contribution in [0.4, 0.5) is 17.6 Å². The number of hydrogen-bond donors (Lipinski definition) is 2. The Morgan fingerprint density at radius 3 is 2.56 bits per heavy atom. The zero-order valence-corrected chi connectivity index (χ0v) is 14.4. The van der Waals surface area contributed by atoms with E-state index in [2.05, 4.69) is 30.6 Å². The Balaban J connectivity index is 1.68. The van der Waals surface area contributed by atoms with Crippen LogP contribution in [-0.4, -0.2) is 26.5 Å². The van der Waals surface area contributed by atoms with E-state index in [4.69, 9.17) is 16.3 Å². The molecule has 2 aromatic heterocycles. The molecule has 2 N–H and O–H groups in total. The summed E-state index contributed by atoms with van der Waals surface area (Å²) < 4.78 is 5.42. The summed E-state index contributed by atoms with van der Waals surface area (Å²) in [6.45, 7) is 3.11. The third kappa shape index (κ3) is 5.02. The fraction of sp³-hybridized carbons (Fsp3) is 0.176. The minimum atomic E-state index is 0.108. The molecule has 0 saturated heterocycles. The van der Waals surface area contributed by atoms with Gasteiger partial charge in [-0.05, 0) is 54.4 Å². The van der Waals surface area contributed by atoms with Gasteiger partial charge in [-0.15, -0.1) is 0 Å². The van der Waals surface area contributed by atoms with Crippen LogP contribution in [-0.2, 0) is 6.54 Å². The van der Waals surface area contributed by atoms with Gasteiger partial charge in [-0.3, -0.25) is 4.98 Å². The summed E-state index contributed by atoms with van der Waals surface area (Å²) in [4.78, 5) is 16.6. The van der Waals surface area contributed by atoms with Gasteiger partial charge in [0.05, 0.1) is 6.61 Å². The van der Waals surface area contributed by atoms with Gasteiger partial charge in [-0.2, -0.15) is 15.0 Å². The lowest BCUT2D eigenvalue weighted by Gasteiger charge is -2.09. The monoisotopic (exact) mass is 356 g/mol. The van der Waals surface area contributed by atoms with Crippen molar-refractivity contribution in [1.82, 2.24) is 19.9 Å². The molecular weight excluding hydrogens is 340 g/mol. The van der Waals surface area contributed by atoms with Crippen LogP contribution >= 0.6 is 11.6 Å². The van der Waals surface area contributed by atoms with Gasteiger partial charge in [-0.1, -0.05) is 6.07 Å². The Kier molecular flexibility index (Phi) is 5.58. The van der Waals surface area contributed by atoms with Crippen LogP contribution in [0, 0.1) is 0 Å². The number of anilines is 3. The van der Waals surface area contributed by atoms with E-state index >= 15 is 0 Å². The highest BCUT2D eigenvalue weighted by molar-refractivity contribution is 6.28. The Labute approximate surface area is 150 Å². The molecule has 3 aromatic rings. The van der Waals surface area contributed by atoms with Crippen LogP contribution in [0.25, 0.3) is 0 Å². The Hall–Kier alpha value is -2.93. The number of rotatable bonds is 7. The number of nitrogens with one attached hydrogen (secondary N) is 2. The summed E-state index contributed by atoms with van der Waals surface area (Å²) in [5, 5.41) is 6.31. The number of aromatic nitrogens is 4. The van der Waals surface area contributed by atoms with Gasteiger partial charge in [0, 0.05) is 24.6 Å². The average Bonchev–Trinajstić information content (AvgIpc) is 2.62. The largest absolute Gasteiger partial charge is 0.494 e. The van der Waals surface area contributed by atoms with Crippen LogP contribution in [0.5, 0.6) is 5.75 Å². The summed E-state index contributed by atoms with van der Waals surface area (Å²) in [7, 11) is 0. The molecule has 0 spiro atoms. The second-order valence-corrected chi connectivity index (χ2v) is 5.39.